The Morgan fingerprint density at radius 3 is 2.37 bits per heavy atom. The first-order valence-electron chi connectivity index (χ1n) is 13.0. The van der Waals surface area contributed by atoms with Crippen LogP contribution in [0.4, 0.5) is 11.4 Å². The summed E-state index contributed by atoms with van der Waals surface area (Å²) < 4.78 is 1.88. The number of carbonyl (C=O) groups is 2. The summed E-state index contributed by atoms with van der Waals surface area (Å²) in [6.45, 7) is 16.6. The molecule has 2 atom stereocenters. The summed E-state index contributed by atoms with van der Waals surface area (Å²) in [6, 6.07) is 7.68. The number of piperazine rings is 1. The molecule has 0 N–H and O–H groups in total. The summed E-state index contributed by atoms with van der Waals surface area (Å²) in [6.07, 6.45) is 2.73. The Kier molecular flexibility index (Phi) is 7.57. The number of allylic oxidation sites excluding steroid dienone is 1. The Morgan fingerprint density at radius 1 is 1.08 bits per heavy atom. The van der Waals surface area contributed by atoms with Crippen LogP contribution in [-0.2, 0) is 16.6 Å². The normalized spacial score (nSPS) is 18.4. The van der Waals surface area contributed by atoms with Gasteiger partial charge in [-0.1, -0.05) is 23.7 Å². The van der Waals surface area contributed by atoms with Crippen LogP contribution in [0.3, 0.4) is 0 Å². The molecule has 4 rings (SSSR count). The lowest BCUT2D eigenvalue weighted by Crippen LogP contribution is -2.61. The number of aldehydes is 1. The number of amides is 1. The number of anilines is 2. The van der Waals surface area contributed by atoms with E-state index in [1.165, 1.54) is 0 Å². The van der Waals surface area contributed by atoms with E-state index in [0.717, 1.165) is 62.4 Å². The van der Waals surface area contributed by atoms with E-state index in [9.17, 15) is 9.59 Å². The molecule has 0 spiro atoms. The number of aryl methyl sites for hydroxylation is 4. The molecule has 1 unspecified atom stereocenters. The first kappa shape index (κ1) is 27.6. The molecule has 7 heteroatoms. The van der Waals surface area contributed by atoms with Crippen molar-refractivity contribution >= 4 is 41.2 Å². The summed E-state index contributed by atoms with van der Waals surface area (Å²) >= 11 is 6.88. The van der Waals surface area contributed by atoms with Crippen LogP contribution >= 0.6 is 11.6 Å². The van der Waals surface area contributed by atoms with Crippen LogP contribution in [0.5, 0.6) is 0 Å². The maximum absolute atomic E-state index is 14.1. The van der Waals surface area contributed by atoms with Crippen LogP contribution in [0.25, 0.3) is 17.2 Å². The fourth-order valence-corrected chi connectivity index (χ4v) is 6.00. The van der Waals surface area contributed by atoms with Crippen molar-refractivity contribution in [3.05, 3.63) is 68.5 Å². The highest BCUT2D eigenvalue weighted by Gasteiger charge is 2.39. The van der Waals surface area contributed by atoms with Crippen molar-refractivity contribution in [2.75, 3.05) is 16.3 Å². The SMILES string of the molecule is C/C(C=O)=C\c1cc(C)cc(N2C[C@@H](C)N(c3c(C)ccc(Cl)c3-c3c(C)nn(C)c3C)C(C)C2=O)c1C. The van der Waals surface area contributed by atoms with E-state index in [-0.39, 0.29) is 11.9 Å². The minimum absolute atomic E-state index is 0.0199. The van der Waals surface area contributed by atoms with E-state index in [4.69, 9.17) is 11.6 Å². The molecule has 0 bridgehead atoms. The molecule has 1 aliphatic rings. The van der Waals surface area contributed by atoms with Gasteiger partial charge < -0.3 is 9.80 Å². The zero-order chi connectivity index (χ0) is 28.0. The van der Waals surface area contributed by atoms with Gasteiger partial charge in [0.05, 0.1) is 16.4 Å². The predicted molar refractivity (Wildman–Crippen MR) is 157 cm³/mol. The lowest BCUT2D eigenvalue weighted by Gasteiger charge is -2.46. The van der Waals surface area contributed by atoms with Gasteiger partial charge in [-0.25, -0.2) is 0 Å². The van der Waals surface area contributed by atoms with Gasteiger partial charge >= 0.3 is 0 Å². The molecule has 1 fully saturated rings. The van der Waals surface area contributed by atoms with Crippen LogP contribution in [0.1, 0.15) is 54.4 Å². The Morgan fingerprint density at radius 2 is 1.76 bits per heavy atom. The van der Waals surface area contributed by atoms with Gasteiger partial charge in [-0.05, 0) is 101 Å². The molecular weight excluding hydrogens is 496 g/mol. The second-order valence-corrected chi connectivity index (χ2v) is 11.1. The summed E-state index contributed by atoms with van der Waals surface area (Å²) in [5.74, 6) is 0.0313. The number of benzene rings is 2. The molecule has 1 saturated heterocycles. The molecule has 6 nitrogen and oxygen atoms in total. The average Bonchev–Trinajstić information content (AvgIpc) is 3.11. The van der Waals surface area contributed by atoms with Crippen molar-refractivity contribution in [1.29, 1.82) is 0 Å². The third kappa shape index (κ3) is 4.66. The fraction of sp³-hybridized carbons (Fsp3) is 0.387. The zero-order valence-corrected chi connectivity index (χ0v) is 24.6. The number of nitrogens with zero attached hydrogens (tertiary/aromatic N) is 4. The number of aromatic nitrogens is 2. The third-order valence-electron chi connectivity index (χ3n) is 7.73. The number of hydrogen-bond donors (Lipinski definition) is 0. The van der Waals surface area contributed by atoms with E-state index in [0.29, 0.717) is 17.1 Å². The van der Waals surface area contributed by atoms with Gasteiger partial charge in [-0.2, -0.15) is 5.10 Å². The van der Waals surface area contributed by atoms with E-state index < -0.39 is 6.04 Å². The van der Waals surface area contributed by atoms with Gasteiger partial charge in [0.1, 0.15) is 12.3 Å². The van der Waals surface area contributed by atoms with Crippen molar-refractivity contribution in [1.82, 2.24) is 9.78 Å². The summed E-state index contributed by atoms with van der Waals surface area (Å²) in [4.78, 5) is 29.5. The maximum atomic E-state index is 14.1. The molecule has 0 radical (unpaired) electrons. The second kappa shape index (κ2) is 10.4. The van der Waals surface area contributed by atoms with E-state index >= 15 is 0 Å². The predicted octanol–water partition coefficient (Wildman–Crippen LogP) is 6.52. The molecular formula is C31H37ClN4O2. The first-order chi connectivity index (χ1) is 17.9. The molecule has 1 aliphatic heterocycles. The Labute approximate surface area is 230 Å². The molecule has 1 aromatic heterocycles. The van der Waals surface area contributed by atoms with Gasteiger partial charge in [0, 0.05) is 42.1 Å². The van der Waals surface area contributed by atoms with Gasteiger partial charge in [0.25, 0.3) is 0 Å². The molecule has 0 saturated carbocycles. The minimum Gasteiger partial charge on any atom is -0.354 e. The Balaban J connectivity index is 1.83. The van der Waals surface area contributed by atoms with Crippen molar-refractivity contribution in [2.24, 2.45) is 7.05 Å². The quantitative estimate of drug-likeness (QED) is 0.277. The van der Waals surface area contributed by atoms with Gasteiger partial charge in [-0.15, -0.1) is 0 Å². The van der Waals surface area contributed by atoms with Crippen LogP contribution in [-0.4, -0.2) is 40.6 Å². The topological polar surface area (TPSA) is 58.4 Å². The number of carbonyl (C=O) groups excluding carboxylic acids is 2. The molecule has 2 aromatic carbocycles. The number of rotatable bonds is 5. The molecule has 1 amide bonds. The highest BCUT2D eigenvalue weighted by molar-refractivity contribution is 6.34. The highest BCUT2D eigenvalue weighted by atomic mass is 35.5. The summed E-state index contributed by atoms with van der Waals surface area (Å²) in [5, 5.41) is 5.29. The van der Waals surface area contributed by atoms with Gasteiger partial charge in [-0.3, -0.25) is 14.3 Å². The minimum atomic E-state index is -0.414. The van der Waals surface area contributed by atoms with Crippen molar-refractivity contribution in [2.45, 2.75) is 67.5 Å². The van der Waals surface area contributed by atoms with E-state index in [1.807, 2.05) is 69.5 Å². The van der Waals surface area contributed by atoms with Crippen molar-refractivity contribution in [3.8, 4) is 11.1 Å². The zero-order valence-electron chi connectivity index (χ0n) is 23.8. The molecule has 3 aromatic rings. The first-order valence-corrected chi connectivity index (χ1v) is 13.4. The Hall–Kier alpha value is -3.38. The lowest BCUT2D eigenvalue weighted by molar-refractivity contribution is -0.120. The number of halogens is 1. The largest absolute Gasteiger partial charge is 0.354 e. The average molecular weight is 533 g/mol. The number of hydrogen-bond acceptors (Lipinski definition) is 4. The fourth-order valence-electron chi connectivity index (χ4n) is 5.75. The molecule has 0 aliphatic carbocycles. The van der Waals surface area contributed by atoms with Crippen LogP contribution in [0.2, 0.25) is 5.02 Å². The summed E-state index contributed by atoms with van der Waals surface area (Å²) in [5.41, 5.74) is 10.4. The lowest BCUT2D eigenvalue weighted by atomic mass is 9.94. The third-order valence-corrected chi connectivity index (χ3v) is 8.05. The van der Waals surface area contributed by atoms with Gasteiger partial charge in [0.2, 0.25) is 5.91 Å². The molecule has 200 valence electrons. The maximum Gasteiger partial charge on any atom is 0.249 e. The smallest absolute Gasteiger partial charge is 0.249 e. The molecule has 2 heterocycles. The van der Waals surface area contributed by atoms with Crippen LogP contribution in [0.15, 0.2) is 29.8 Å². The standard InChI is InChI=1S/C31H37ClN4O2/c1-17-12-25(13-18(2)16-37)21(5)27(14-17)35-15-20(4)36(24(8)31(35)38)30-19(3)10-11-26(32)29(30)28-22(6)33-34(9)23(28)7/h10-14,16,20,24H,15H2,1-9H3/b18-13+/t20-,24?/m1/s1. The Bertz CT molecular complexity index is 1470. The van der Waals surface area contributed by atoms with Gasteiger partial charge in [0.15, 0.2) is 0 Å². The molecule has 38 heavy (non-hydrogen) atoms. The second-order valence-electron chi connectivity index (χ2n) is 10.6. The van der Waals surface area contributed by atoms with E-state index in [2.05, 4.69) is 36.0 Å². The van der Waals surface area contributed by atoms with Crippen molar-refractivity contribution < 1.29 is 9.59 Å². The highest BCUT2D eigenvalue weighted by Crippen LogP contribution is 2.45. The van der Waals surface area contributed by atoms with Crippen molar-refractivity contribution in [3.63, 3.8) is 0 Å². The monoisotopic (exact) mass is 532 g/mol. The van der Waals surface area contributed by atoms with E-state index in [1.54, 1.807) is 6.92 Å². The van der Waals surface area contributed by atoms with Crippen LogP contribution in [0, 0.1) is 34.6 Å². The summed E-state index contributed by atoms with van der Waals surface area (Å²) in [7, 11) is 1.94. The van der Waals surface area contributed by atoms with Crippen LogP contribution < -0.4 is 9.80 Å².